The number of hydrogen-bond acceptors (Lipinski definition) is 4. The molecule has 1 amide bonds. The van der Waals surface area contributed by atoms with Gasteiger partial charge < -0.3 is 14.8 Å². The number of carbonyl (C=O) groups excluding carboxylic acids is 2. The molecule has 0 unspecified atom stereocenters. The number of rotatable bonds is 6. The van der Waals surface area contributed by atoms with Crippen LogP contribution in [0.25, 0.3) is 0 Å². The van der Waals surface area contributed by atoms with Crippen LogP contribution in [0.1, 0.15) is 17.3 Å². The van der Waals surface area contributed by atoms with E-state index in [4.69, 9.17) is 9.47 Å². The minimum Gasteiger partial charge on any atom is -0.493 e. The molecular weight excluding hydrogens is 362 g/mol. The lowest BCUT2D eigenvalue weighted by atomic mass is 10.2. The number of amides is 1. The average molecular weight is 378 g/mol. The van der Waals surface area contributed by atoms with Crippen molar-refractivity contribution in [2.45, 2.75) is 13.0 Å². The number of nitrogens with one attached hydrogen (secondary N) is 1. The van der Waals surface area contributed by atoms with E-state index in [9.17, 15) is 9.59 Å². The maximum absolute atomic E-state index is 12.2. The molecule has 0 saturated heterocycles. The number of anilines is 1. The van der Waals surface area contributed by atoms with Crippen molar-refractivity contribution in [1.82, 2.24) is 0 Å². The Bertz CT molecular complexity index is 700. The van der Waals surface area contributed by atoms with E-state index in [2.05, 4.69) is 21.2 Å². The summed E-state index contributed by atoms with van der Waals surface area (Å²) in [5.41, 5.74) is 1.15. The molecule has 6 heteroatoms. The number of hydrogen-bond donors (Lipinski definition) is 1. The molecule has 0 bridgehead atoms. The number of aldehydes is 1. The van der Waals surface area contributed by atoms with Crippen LogP contribution in [0.3, 0.4) is 0 Å². The molecule has 2 rings (SSSR count). The summed E-state index contributed by atoms with van der Waals surface area (Å²) in [7, 11) is 1.48. The first-order valence-electron chi connectivity index (χ1n) is 6.90. The van der Waals surface area contributed by atoms with Crippen molar-refractivity contribution in [3.63, 3.8) is 0 Å². The zero-order valence-corrected chi connectivity index (χ0v) is 14.3. The van der Waals surface area contributed by atoms with Gasteiger partial charge in [-0.1, -0.05) is 15.9 Å². The van der Waals surface area contributed by atoms with Crippen molar-refractivity contribution < 1.29 is 19.1 Å². The third-order valence-electron chi connectivity index (χ3n) is 3.11. The van der Waals surface area contributed by atoms with Gasteiger partial charge in [-0.05, 0) is 49.4 Å². The van der Waals surface area contributed by atoms with Gasteiger partial charge in [0.05, 0.1) is 7.11 Å². The average Bonchev–Trinajstić information content (AvgIpc) is 2.57. The van der Waals surface area contributed by atoms with Crippen molar-refractivity contribution in [3.8, 4) is 11.5 Å². The van der Waals surface area contributed by atoms with Gasteiger partial charge in [-0.3, -0.25) is 9.59 Å². The molecule has 0 saturated carbocycles. The Labute approximate surface area is 142 Å². The first kappa shape index (κ1) is 17.0. The van der Waals surface area contributed by atoms with Crippen molar-refractivity contribution in [2.75, 3.05) is 12.4 Å². The van der Waals surface area contributed by atoms with Crippen LogP contribution in [-0.2, 0) is 4.79 Å². The molecule has 0 radical (unpaired) electrons. The van der Waals surface area contributed by atoms with Gasteiger partial charge in [-0.25, -0.2) is 0 Å². The second-order valence-electron chi connectivity index (χ2n) is 4.78. The second kappa shape index (κ2) is 7.78. The molecule has 5 nitrogen and oxygen atoms in total. The summed E-state index contributed by atoms with van der Waals surface area (Å²) in [6.45, 7) is 1.64. The van der Waals surface area contributed by atoms with E-state index in [1.165, 1.54) is 7.11 Å². The maximum Gasteiger partial charge on any atom is 0.265 e. The number of ether oxygens (including phenoxy) is 2. The highest BCUT2D eigenvalue weighted by molar-refractivity contribution is 9.10. The van der Waals surface area contributed by atoms with Crippen LogP contribution in [0.5, 0.6) is 11.5 Å². The predicted octanol–water partition coefficient (Wildman–Crippen LogP) is 3.68. The molecule has 0 fully saturated rings. The van der Waals surface area contributed by atoms with E-state index in [1.807, 2.05) is 12.1 Å². The molecular formula is C17H16BrNO4. The van der Waals surface area contributed by atoms with E-state index >= 15 is 0 Å². The van der Waals surface area contributed by atoms with Crippen molar-refractivity contribution in [3.05, 3.63) is 52.5 Å². The predicted molar refractivity (Wildman–Crippen MR) is 91.2 cm³/mol. The first-order valence-corrected chi connectivity index (χ1v) is 7.69. The Morgan fingerprint density at radius 2 is 1.87 bits per heavy atom. The van der Waals surface area contributed by atoms with Gasteiger partial charge in [0.15, 0.2) is 17.6 Å². The summed E-state index contributed by atoms with van der Waals surface area (Å²) in [5, 5.41) is 2.77. The summed E-state index contributed by atoms with van der Waals surface area (Å²) in [5.74, 6) is 0.517. The Morgan fingerprint density at radius 3 is 2.48 bits per heavy atom. The SMILES string of the molecule is COc1cc(C=O)ccc1O[C@@H](C)C(=O)Nc1ccc(Br)cc1. The summed E-state index contributed by atoms with van der Waals surface area (Å²) in [6.07, 6.45) is -0.00897. The molecule has 1 N–H and O–H groups in total. The van der Waals surface area contributed by atoms with Crippen LogP contribution in [0.2, 0.25) is 0 Å². The first-order chi connectivity index (χ1) is 11.0. The van der Waals surface area contributed by atoms with Crippen molar-refractivity contribution in [1.29, 1.82) is 0 Å². The summed E-state index contributed by atoms with van der Waals surface area (Å²) < 4.78 is 11.7. The minimum atomic E-state index is -0.727. The Balaban J connectivity index is 2.06. The van der Waals surface area contributed by atoms with Gasteiger partial charge in [0.2, 0.25) is 0 Å². The van der Waals surface area contributed by atoms with E-state index in [-0.39, 0.29) is 5.91 Å². The Kier molecular flexibility index (Phi) is 5.76. The van der Waals surface area contributed by atoms with Gasteiger partial charge in [0.25, 0.3) is 5.91 Å². The quantitative estimate of drug-likeness (QED) is 0.779. The number of halogens is 1. The molecule has 0 spiro atoms. The molecule has 0 aromatic heterocycles. The molecule has 1 atom stereocenters. The van der Waals surface area contributed by atoms with Crippen LogP contribution >= 0.6 is 15.9 Å². The number of carbonyl (C=O) groups is 2. The molecule has 0 aliphatic rings. The molecule has 2 aromatic carbocycles. The number of methoxy groups -OCH3 is 1. The van der Waals surface area contributed by atoms with Crippen LogP contribution in [-0.4, -0.2) is 25.4 Å². The van der Waals surface area contributed by atoms with Crippen molar-refractivity contribution in [2.24, 2.45) is 0 Å². The fourth-order valence-corrected chi connectivity index (χ4v) is 2.14. The third kappa shape index (κ3) is 4.56. The van der Waals surface area contributed by atoms with Crippen LogP contribution in [0.4, 0.5) is 5.69 Å². The molecule has 120 valence electrons. The van der Waals surface area contributed by atoms with E-state index in [0.29, 0.717) is 22.7 Å². The highest BCUT2D eigenvalue weighted by Crippen LogP contribution is 2.28. The van der Waals surface area contributed by atoms with Crippen LogP contribution in [0.15, 0.2) is 46.9 Å². The fourth-order valence-electron chi connectivity index (χ4n) is 1.88. The highest BCUT2D eigenvalue weighted by Gasteiger charge is 2.17. The van der Waals surface area contributed by atoms with Gasteiger partial charge >= 0.3 is 0 Å². The van der Waals surface area contributed by atoms with Crippen molar-refractivity contribution >= 4 is 33.8 Å². The Morgan fingerprint density at radius 1 is 1.17 bits per heavy atom. The zero-order valence-electron chi connectivity index (χ0n) is 12.7. The summed E-state index contributed by atoms with van der Waals surface area (Å²) >= 11 is 3.34. The molecule has 0 aliphatic heterocycles. The van der Waals surface area contributed by atoms with Crippen LogP contribution in [0, 0.1) is 0 Å². The standard InChI is InChI=1S/C17H16BrNO4/c1-11(17(21)19-14-6-4-13(18)5-7-14)23-15-8-3-12(10-20)9-16(15)22-2/h3-11H,1-2H3,(H,19,21)/t11-/m0/s1. The molecule has 2 aromatic rings. The summed E-state index contributed by atoms with van der Waals surface area (Å²) in [6, 6.07) is 12.0. The van der Waals surface area contributed by atoms with E-state index < -0.39 is 6.10 Å². The van der Waals surface area contributed by atoms with Gasteiger partial charge in [0.1, 0.15) is 6.29 Å². The Hall–Kier alpha value is -2.34. The largest absolute Gasteiger partial charge is 0.493 e. The number of benzene rings is 2. The fraction of sp³-hybridized carbons (Fsp3) is 0.176. The van der Waals surface area contributed by atoms with Crippen LogP contribution < -0.4 is 14.8 Å². The highest BCUT2D eigenvalue weighted by atomic mass is 79.9. The van der Waals surface area contributed by atoms with E-state index in [0.717, 1.165) is 10.8 Å². The van der Waals surface area contributed by atoms with Gasteiger partial charge in [0, 0.05) is 15.7 Å². The smallest absolute Gasteiger partial charge is 0.265 e. The monoisotopic (exact) mass is 377 g/mol. The van der Waals surface area contributed by atoms with Gasteiger partial charge in [-0.2, -0.15) is 0 Å². The normalized spacial score (nSPS) is 11.4. The second-order valence-corrected chi connectivity index (χ2v) is 5.70. The van der Waals surface area contributed by atoms with Gasteiger partial charge in [-0.15, -0.1) is 0 Å². The lowest BCUT2D eigenvalue weighted by Crippen LogP contribution is -2.30. The molecule has 0 heterocycles. The third-order valence-corrected chi connectivity index (χ3v) is 3.64. The topological polar surface area (TPSA) is 64.6 Å². The lowest BCUT2D eigenvalue weighted by molar-refractivity contribution is -0.122. The minimum absolute atomic E-state index is 0.283. The zero-order chi connectivity index (χ0) is 16.8. The molecule has 23 heavy (non-hydrogen) atoms. The van der Waals surface area contributed by atoms with E-state index in [1.54, 1.807) is 37.3 Å². The maximum atomic E-state index is 12.2. The molecule has 0 aliphatic carbocycles. The summed E-state index contributed by atoms with van der Waals surface area (Å²) in [4.78, 5) is 23.0. The lowest BCUT2D eigenvalue weighted by Gasteiger charge is -2.17.